The van der Waals surface area contributed by atoms with Crippen LogP contribution in [0.25, 0.3) is 0 Å². The highest BCUT2D eigenvalue weighted by Gasteiger charge is 1.88. The average Bonchev–Trinajstić information content (AvgIpc) is 1.68. The number of hydrogen-bond donors (Lipinski definition) is 0. The number of carbonyl (C=O) groups is 1. The van der Waals surface area contributed by atoms with E-state index in [1.54, 1.807) is 0 Å². The van der Waals surface area contributed by atoms with Crippen LogP contribution in [0.1, 0.15) is 6.92 Å². The molecule has 0 rings (SSSR count). The second kappa shape index (κ2) is 3.25. The fraction of sp³-hybridized carbons (Fsp3) is 0.500. The van der Waals surface area contributed by atoms with Gasteiger partial charge < -0.3 is 4.79 Å². The zero-order chi connectivity index (χ0) is 5.70. The number of isocyanates is 1. The van der Waals surface area contributed by atoms with Crippen LogP contribution in [0.4, 0.5) is 0 Å². The molecule has 0 unspecified atom stereocenters. The van der Waals surface area contributed by atoms with Gasteiger partial charge in [0.25, 0.3) is 0 Å². The zero-order valence-electron chi connectivity index (χ0n) is 3.92. The Bertz CT molecular complexity index is 104. The summed E-state index contributed by atoms with van der Waals surface area (Å²) in [6.45, 7) is 1.51. The van der Waals surface area contributed by atoms with Gasteiger partial charge in [0.1, 0.15) is 12.3 Å². The average molecular weight is 99.1 g/mol. The van der Waals surface area contributed by atoms with Crippen LogP contribution in [0.5, 0.6) is 0 Å². The summed E-state index contributed by atoms with van der Waals surface area (Å²) in [4.78, 5) is 22.0. The van der Waals surface area contributed by atoms with E-state index in [-0.39, 0.29) is 0 Å². The summed E-state index contributed by atoms with van der Waals surface area (Å²) in [5.41, 5.74) is 0. The molecule has 0 bridgehead atoms. The van der Waals surface area contributed by atoms with Gasteiger partial charge in [-0.25, -0.2) is 4.79 Å². The third-order valence-corrected chi connectivity index (χ3v) is 0.453. The third-order valence-electron chi connectivity index (χ3n) is 0.453. The lowest BCUT2D eigenvalue weighted by molar-refractivity contribution is -0.108. The van der Waals surface area contributed by atoms with Crippen LogP contribution >= 0.6 is 0 Å². The Kier molecular flexibility index (Phi) is 2.81. The lowest BCUT2D eigenvalue weighted by Crippen LogP contribution is -1.95. The first kappa shape index (κ1) is 6.05. The first-order valence-electron chi connectivity index (χ1n) is 1.83. The van der Waals surface area contributed by atoms with Crippen molar-refractivity contribution in [2.75, 3.05) is 0 Å². The van der Waals surface area contributed by atoms with E-state index in [2.05, 4.69) is 4.99 Å². The molecule has 0 aromatic heterocycles. The molecule has 3 heteroatoms. The number of aldehydes is 1. The molecule has 0 fully saturated rings. The Labute approximate surface area is 41.1 Å². The van der Waals surface area contributed by atoms with Crippen molar-refractivity contribution >= 4 is 12.4 Å². The second-order valence-corrected chi connectivity index (χ2v) is 1.10. The van der Waals surface area contributed by atoms with Crippen LogP contribution in [-0.4, -0.2) is 18.4 Å². The van der Waals surface area contributed by atoms with E-state index in [1.807, 2.05) is 0 Å². The quantitative estimate of drug-likeness (QED) is 0.276. The fourth-order valence-corrected chi connectivity index (χ4v) is 0.114. The minimum Gasteiger partial charge on any atom is -0.301 e. The Morgan fingerprint density at radius 2 is 2.43 bits per heavy atom. The molecule has 0 radical (unpaired) electrons. The van der Waals surface area contributed by atoms with Crippen molar-refractivity contribution < 1.29 is 9.59 Å². The number of carbonyl (C=O) groups excluding carboxylic acids is 2. The molecule has 0 N–H and O–H groups in total. The van der Waals surface area contributed by atoms with Gasteiger partial charge in [-0.15, -0.1) is 0 Å². The zero-order valence-corrected chi connectivity index (χ0v) is 3.92. The van der Waals surface area contributed by atoms with Crippen LogP contribution < -0.4 is 0 Å². The van der Waals surface area contributed by atoms with Gasteiger partial charge in [-0.3, -0.25) is 0 Å². The van der Waals surface area contributed by atoms with Crippen molar-refractivity contribution in [2.24, 2.45) is 4.99 Å². The molecule has 7 heavy (non-hydrogen) atoms. The van der Waals surface area contributed by atoms with Gasteiger partial charge in [0, 0.05) is 0 Å². The summed E-state index contributed by atoms with van der Waals surface area (Å²) < 4.78 is 0. The normalized spacial score (nSPS) is 11.6. The van der Waals surface area contributed by atoms with Gasteiger partial charge in [0.05, 0.1) is 0 Å². The smallest absolute Gasteiger partial charge is 0.235 e. The van der Waals surface area contributed by atoms with Crippen molar-refractivity contribution in [3.63, 3.8) is 0 Å². The molecule has 38 valence electrons. The Hall–Kier alpha value is -0.950. The molecule has 3 nitrogen and oxygen atoms in total. The molecule has 0 aliphatic carbocycles. The van der Waals surface area contributed by atoms with Crippen molar-refractivity contribution in [3.05, 3.63) is 0 Å². The minimum absolute atomic E-state index is 0.530. The van der Waals surface area contributed by atoms with E-state index in [4.69, 9.17) is 0 Å². The van der Waals surface area contributed by atoms with E-state index in [1.165, 1.54) is 13.0 Å². The molecule has 0 amide bonds. The van der Waals surface area contributed by atoms with Crippen molar-refractivity contribution in [2.45, 2.75) is 13.0 Å². The number of hydrogen-bond acceptors (Lipinski definition) is 3. The third kappa shape index (κ3) is 2.86. The van der Waals surface area contributed by atoms with Gasteiger partial charge in [-0.2, -0.15) is 4.99 Å². The Morgan fingerprint density at radius 3 is 2.57 bits per heavy atom. The van der Waals surface area contributed by atoms with E-state index in [0.29, 0.717) is 6.29 Å². The summed E-state index contributed by atoms with van der Waals surface area (Å²) in [7, 11) is 0. The summed E-state index contributed by atoms with van der Waals surface area (Å²) in [6.07, 6.45) is 1.84. The molecule has 0 aromatic rings. The summed E-state index contributed by atoms with van der Waals surface area (Å²) >= 11 is 0. The molecule has 1 atom stereocenters. The standard InChI is InChI=1S/C4H5NO2/c1-4(2-6)5-3-7/h2,4H,1H3/t4-/m1/s1. The lowest BCUT2D eigenvalue weighted by atomic mass is 10.4. The van der Waals surface area contributed by atoms with E-state index in [9.17, 15) is 9.59 Å². The monoisotopic (exact) mass is 99.0 g/mol. The van der Waals surface area contributed by atoms with Crippen LogP contribution in [-0.2, 0) is 9.59 Å². The summed E-state index contributed by atoms with van der Waals surface area (Å²) in [5.74, 6) is 0. The Balaban J connectivity index is 3.56. The predicted octanol–water partition coefficient (Wildman–Crippen LogP) is -0.0904. The molecule has 0 aliphatic heterocycles. The fourth-order valence-electron chi connectivity index (χ4n) is 0.114. The van der Waals surface area contributed by atoms with Crippen LogP contribution in [0.2, 0.25) is 0 Å². The highest BCUT2D eigenvalue weighted by Crippen LogP contribution is 1.76. The first-order valence-corrected chi connectivity index (χ1v) is 1.83. The molecule has 0 heterocycles. The van der Waals surface area contributed by atoms with Crippen LogP contribution in [0.15, 0.2) is 4.99 Å². The maximum absolute atomic E-state index is 9.62. The highest BCUT2D eigenvalue weighted by molar-refractivity contribution is 5.59. The Morgan fingerprint density at radius 1 is 1.86 bits per heavy atom. The van der Waals surface area contributed by atoms with Gasteiger partial charge in [0.15, 0.2) is 0 Å². The summed E-state index contributed by atoms with van der Waals surface area (Å²) in [6, 6.07) is -0.530. The second-order valence-electron chi connectivity index (χ2n) is 1.10. The van der Waals surface area contributed by atoms with Crippen LogP contribution in [0.3, 0.4) is 0 Å². The van der Waals surface area contributed by atoms with Gasteiger partial charge >= 0.3 is 0 Å². The van der Waals surface area contributed by atoms with E-state index in [0.717, 1.165) is 0 Å². The maximum atomic E-state index is 9.62. The molecule has 0 aliphatic rings. The topological polar surface area (TPSA) is 46.5 Å². The SMILES string of the molecule is C[C@H](C=O)N=C=O. The number of rotatable bonds is 2. The number of nitrogens with zero attached hydrogens (tertiary/aromatic N) is 1. The summed E-state index contributed by atoms with van der Waals surface area (Å²) in [5, 5.41) is 0. The lowest BCUT2D eigenvalue weighted by Gasteiger charge is -1.81. The predicted molar refractivity (Wildman–Crippen MR) is 23.6 cm³/mol. The van der Waals surface area contributed by atoms with Gasteiger partial charge in [-0.05, 0) is 6.92 Å². The van der Waals surface area contributed by atoms with E-state index < -0.39 is 6.04 Å². The van der Waals surface area contributed by atoms with E-state index >= 15 is 0 Å². The van der Waals surface area contributed by atoms with Crippen molar-refractivity contribution in [1.82, 2.24) is 0 Å². The van der Waals surface area contributed by atoms with Gasteiger partial charge in [-0.1, -0.05) is 0 Å². The maximum Gasteiger partial charge on any atom is 0.235 e. The molecule has 0 spiro atoms. The number of aliphatic imine (C=N–C) groups is 1. The molecule has 0 saturated carbocycles. The molecule has 0 saturated heterocycles. The molecular formula is C4H5NO2. The molecule has 0 aromatic carbocycles. The highest BCUT2D eigenvalue weighted by atomic mass is 16.1. The minimum atomic E-state index is -0.530. The molecular weight excluding hydrogens is 94.0 g/mol. The van der Waals surface area contributed by atoms with Crippen LogP contribution in [0, 0.1) is 0 Å². The first-order chi connectivity index (χ1) is 3.31. The van der Waals surface area contributed by atoms with Crippen molar-refractivity contribution in [3.8, 4) is 0 Å². The van der Waals surface area contributed by atoms with Crippen molar-refractivity contribution in [1.29, 1.82) is 0 Å². The largest absolute Gasteiger partial charge is 0.301 e. The van der Waals surface area contributed by atoms with Gasteiger partial charge in [0.2, 0.25) is 6.08 Å².